The summed E-state index contributed by atoms with van der Waals surface area (Å²) in [6.07, 6.45) is 0.932. The zero-order chi connectivity index (χ0) is 20.2. The molecule has 0 aromatic heterocycles. The average molecular weight is 380 g/mol. The van der Waals surface area contributed by atoms with Crippen LogP contribution >= 0.6 is 0 Å². The maximum absolute atomic E-state index is 5.70. The molecule has 0 aliphatic heterocycles. The van der Waals surface area contributed by atoms with E-state index in [-0.39, 0.29) is 17.1 Å². The van der Waals surface area contributed by atoms with Crippen LogP contribution in [0.25, 0.3) is 0 Å². The van der Waals surface area contributed by atoms with Crippen LogP contribution in [0.2, 0.25) is 0 Å². The van der Waals surface area contributed by atoms with E-state index in [0.29, 0.717) is 23.8 Å². The molecule has 2 rings (SSSR count). The van der Waals surface area contributed by atoms with Crippen molar-refractivity contribution in [1.29, 1.82) is 0 Å². The van der Waals surface area contributed by atoms with E-state index >= 15 is 0 Å². The van der Waals surface area contributed by atoms with Crippen molar-refractivity contribution < 1.29 is 18.9 Å². The number of hydrogen-bond donors (Lipinski definition) is 2. The molecule has 1 aliphatic rings. The zero-order valence-corrected chi connectivity index (χ0v) is 17.7. The average Bonchev–Trinajstić information content (AvgIpc) is 2.68. The molecule has 1 aromatic rings. The summed E-state index contributed by atoms with van der Waals surface area (Å²) in [5, 5.41) is 6.86. The third-order valence-electron chi connectivity index (χ3n) is 6.00. The van der Waals surface area contributed by atoms with Crippen molar-refractivity contribution in [1.82, 2.24) is 10.6 Å². The molecule has 1 saturated carbocycles. The Balaban J connectivity index is 2.05. The van der Waals surface area contributed by atoms with Crippen LogP contribution in [0.15, 0.2) is 17.1 Å². The highest BCUT2D eigenvalue weighted by Gasteiger charge is 2.58. The highest BCUT2D eigenvalue weighted by molar-refractivity contribution is 5.80. The first-order valence-electron chi connectivity index (χ1n) is 9.07. The quantitative estimate of drug-likeness (QED) is 0.560. The van der Waals surface area contributed by atoms with E-state index in [1.54, 1.807) is 35.5 Å². The Morgan fingerprint density at radius 3 is 2.07 bits per heavy atom. The third kappa shape index (κ3) is 3.93. The number of ether oxygens (including phenoxy) is 4. The van der Waals surface area contributed by atoms with Crippen molar-refractivity contribution in [2.45, 2.75) is 45.4 Å². The van der Waals surface area contributed by atoms with Gasteiger partial charge in [0.05, 0.1) is 26.9 Å². The fourth-order valence-electron chi connectivity index (χ4n) is 3.51. The summed E-state index contributed by atoms with van der Waals surface area (Å²) in [7, 11) is 8.36. The molecule has 0 radical (unpaired) electrons. The van der Waals surface area contributed by atoms with Crippen molar-refractivity contribution in [2.75, 3.05) is 35.5 Å². The second-order valence-corrected chi connectivity index (χ2v) is 7.52. The summed E-state index contributed by atoms with van der Waals surface area (Å²) >= 11 is 0. The van der Waals surface area contributed by atoms with Crippen LogP contribution in [-0.4, -0.2) is 53.1 Å². The lowest BCUT2D eigenvalue weighted by atomic mass is 9.56. The lowest BCUT2D eigenvalue weighted by Crippen LogP contribution is -2.69. The van der Waals surface area contributed by atoms with E-state index in [4.69, 9.17) is 18.9 Å². The SMILES string of the molecule is CN=C(NCc1cc(OC)c(OC)c(OC)c1)NC1CC(C)(OC)C1(C)C. The van der Waals surface area contributed by atoms with Gasteiger partial charge in [0, 0.05) is 32.2 Å². The Labute approximate surface area is 162 Å². The van der Waals surface area contributed by atoms with Gasteiger partial charge in [-0.1, -0.05) is 13.8 Å². The zero-order valence-electron chi connectivity index (χ0n) is 17.7. The molecule has 0 spiro atoms. The number of aliphatic imine (C=N–C) groups is 1. The molecule has 0 saturated heterocycles. The molecule has 1 aliphatic carbocycles. The van der Waals surface area contributed by atoms with E-state index in [9.17, 15) is 0 Å². The van der Waals surface area contributed by atoms with Crippen LogP contribution in [0.1, 0.15) is 32.8 Å². The van der Waals surface area contributed by atoms with Gasteiger partial charge in [0.2, 0.25) is 5.75 Å². The maximum Gasteiger partial charge on any atom is 0.203 e. The molecule has 2 atom stereocenters. The molecule has 7 heteroatoms. The minimum Gasteiger partial charge on any atom is -0.493 e. The highest BCUT2D eigenvalue weighted by Crippen LogP contribution is 2.51. The summed E-state index contributed by atoms with van der Waals surface area (Å²) in [4.78, 5) is 4.35. The predicted octanol–water partition coefficient (Wildman–Crippen LogP) is 2.58. The van der Waals surface area contributed by atoms with Crippen molar-refractivity contribution in [2.24, 2.45) is 10.4 Å². The number of rotatable bonds is 7. The van der Waals surface area contributed by atoms with E-state index < -0.39 is 0 Å². The van der Waals surface area contributed by atoms with Gasteiger partial charge in [-0.2, -0.15) is 0 Å². The standard InChI is InChI=1S/C20H33N3O4/c1-19(2)16(11-20(19,3)27-8)23-18(21-4)22-12-13-9-14(24-5)17(26-7)15(10-13)25-6/h9-10,16H,11-12H2,1-8H3,(H2,21,22,23). The number of hydrogen-bond acceptors (Lipinski definition) is 5. The number of nitrogens with one attached hydrogen (secondary N) is 2. The molecular formula is C20H33N3O4. The van der Waals surface area contributed by atoms with Crippen LogP contribution in [-0.2, 0) is 11.3 Å². The van der Waals surface area contributed by atoms with Crippen LogP contribution < -0.4 is 24.8 Å². The molecule has 2 unspecified atom stereocenters. The first kappa shape index (κ1) is 21.2. The van der Waals surface area contributed by atoms with Crippen LogP contribution in [0.5, 0.6) is 17.2 Å². The minimum atomic E-state index is -0.125. The normalized spacial score (nSPS) is 24.0. The molecule has 7 nitrogen and oxygen atoms in total. The van der Waals surface area contributed by atoms with Crippen LogP contribution in [0.4, 0.5) is 0 Å². The molecule has 2 N–H and O–H groups in total. The molecule has 1 aromatic carbocycles. The number of methoxy groups -OCH3 is 4. The van der Waals surface area contributed by atoms with E-state index in [1.165, 1.54) is 0 Å². The van der Waals surface area contributed by atoms with E-state index in [0.717, 1.165) is 17.9 Å². The van der Waals surface area contributed by atoms with Crippen LogP contribution in [0, 0.1) is 5.41 Å². The van der Waals surface area contributed by atoms with Crippen molar-refractivity contribution in [3.05, 3.63) is 17.7 Å². The predicted molar refractivity (Wildman–Crippen MR) is 107 cm³/mol. The Kier molecular flexibility index (Phi) is 6.46. The monoisotopic (exact) mass is 379 g/mol. The van der Waals surface area contributed by atoms with Gasteiger partial charge < -0.3 is 29.6 Å². The fraction of sp³-hybridized carbons (Fsp3) is 0.650. The molecule has 1 fully saturated rings. The second-order valence-electron chi connectivity index (χ2n) is 7.52. The van der Waals surface area contributed by atoms with Gasteiger partial charge in [0.25, 0.3) is 0 Å². The van der Waals surface area contributed by atoms with Gasteiger partial charge in [-0.3, -0.25) is 4.99 Å². The third-order valence-corrected chi connectivity index (χ3v) is 6.00. The Hall–Kier alpha value is -2.15. The van der Waals surface area contributed by atoms with Gasteiger partial charge in [-0.05, 0) is 31.0 Å². The fourth-order valence-corrected chi connectivity index (χ4v) is 3.51. The Morgan fingerprint density at radius 1 is 1.07 bits per heavy atom. The molecule has 0 heterocycles. The number of guanidine groups is 1. The molecule has 0 bridgehead atoms. The summed E-state index contributed by atoms with van der Waals surface area (Å²) < 4.78 is 21.9. The summed E-state index contributed by atoms with van der Waals surface area (Å²) in [5.74, 6) is 2.60. The molecular weight excluding hydrogens is 346 g/mol. The van der Waals surface area contributed by atoms with Crippen LogP contribution in [0.3, 0.4) is 0 Å². The Bertz CT molecular complexity index is 665. The van der Waals surface area contributed by atoms with Gasteiger partial charge in [-0.15, -0.1) is 0 Å². The summed E-state index contributed by atoms with van der Waals surface area (Å²) in [6.45, 7) is 7.15. The number of benzene rings is 1. The van der Waals surface area contributed by atoms with Gasteiger partial charge in [0.1, 0.15) is 0 Å². The number of nitrogens with zero attached hydrogens (tertiary/aromatic N) is 1. The molecule has 27 heavy (non-hydrogen) atoms. The first-order valence-corrected chi connectivity index (χ1v) is 9.07. The van der Waals surface area contributed by atoms with Crippen molar-refractivity contribution in [3.63, 3.8) is 0 Å². The summed E-state index contributed by atoms with van der Waals surface area (Å²) in [5.41, 5.74) is 0.883. The minimum absolute atomic E-state index is 0.00588. The molecule has 152 valence electrons. The maximum atomic E-state index is 5.70. The first-order chi connectivity index (χ1) is 12.8. The highest BCUT2D eigenvalue weighted by atomic mass is 16.5. The van der Waals surface area contributed by atoms with Gasteiger partial charge >= 0.3 is 0 Å². The van der Waals surface area contributed by atoms with Gasteiger partial charge in [0.15, 0.2) is 17.5 Å². The summed E-state index contributed by atoms with van der Waals surface area (Å²) in [6, 6.07) is 4.14. The smallest absolute Gasteiger partial charge is 0.203 e. The van der Waals surface area contributed by atoms with Crippen molar-refractivity contribution >= 4 is 5.96 Å². The Morgan fingerprint density at radius 2 is 1.67 bits per heavy atom. The molecule has 0 amide bonds. The lowest BCUT2D eigenvalue weighted by Gasteiger charge is -2.59. The second kappa shape index (κ2) is 8.25. The largest absolute Gasteiger partial charge is 0.493 e. The topological polar surface area (TPSA) is 73.3 Å². The van der Waals surface area contributed by atoms with E-state index in [1.807, 2.05) is 12.1 Å². The lowest BCUT2D eigenvalue weighted by molar-refractivity contribution is -0.176. The van der Waals surface area contributed by atoms with Crippen molar-refractivity contribution in [3.8, 4) is 17.2 Å². The van der Waals surface area contributed by atoms with Gasteiger partial charge in [-0.25, -0.2) is 0 Å². The van der Waals surface area contributed by atoms with E-state index in [2.05, 4.69) is 36.4 Å².